The molecule has 1 aromatic rings. The van der Waals surface area contributed by atoms with Gasteiger partial charge in [-0.25, -0.2) is 14.8 Å². The maximum absolute atomic E-state index is 11.4. The number of ether oxygens (including phenoxy) is 1. The molecule has 2 aliphatic rings. The van der Waals surface area contributed by atoms with E-state index in [1.807, 2.05) is 11.0 Å². The molecule has 0 aromatic carbocycles. The molecule has 1 aromatic heterocycles. The lowest BCUT2D eigenvalue weighted by atomic mass is 10.0. The van der Waals surface area contributed by atoms with E-state index in [0.717, 1.165) is 38.3 Å². The monoisotopic (exact) mass is 292 g/mol. The molecule has 1 unspecified atom stereocenters. The Morgan fingerprint density at radius 1 is 1.19 bits per heavy atom. The first-order valence-electron chi connectivity index (χ1n) is 7.40. The molecule has 3 rings (SSSR count). The van der Waals surface area contributed by atoms with Gasteiger partial charge in [-0.15, -0.1) is 0 Å². The number of aromatic nitrogens is 2. The van der Waals surface area contributed by atoms with Crippen LogP contribution in [-0.2, 0) is 9.53 Å². The van der Waals surface area contributed by atoms with Crippen molar-refractivity contribution in [2.24, 2.45) is 0 Å². The zero-order chi connectivity index (χ0) is 14.7. The highest BCUT2D eigenvalue weighted by Crippen LogP contribution is 2.25. The first-order valence-corrected chi connectivity index (χ1v) is 7.40. The van der Waals surface area contributed by atoms with Crippen molar-refractivity contribution in [2.45, 2.75) is 25.3 Å². The van der Waals surface area contributed by atoms with E-state index in [4.69, 9.17) is 4.74 Å². The van der Waals surface area contributed by atoms with Crippen molar-refractivity contribution in [1.29, 1.82) is 0 Å². The summed E-state index contributed by atoms with van der Waals surface area (Å²) in [5.74, 6) is 0.776. The summed E-state index contributed by atoms with van der Waals surface area (Å²) in [4.78, 5) is 24.0. The molecule has 1 atom stereocenters. The van der Waals surface area contributed by atoms with Crippen LogP contribution in [0.1, 0.15) is 19.3 Å². The average molecular weight is 292 g/mol. The van der Waals surface area contributed by atoms with Gasteiger partial charge in [-0.05, 0) is 19.3 Å². The lowest BCUT2D eigenvalue weighted by Crippen LogP contribution is -2.45. The summed E-state index contributed by atoms with van der Waals surface area (Å²) in [6.07, 6.45) is 4.15. The van der Waals surface area contributed by atoms with E-state index < -0.39 is 12.0 Å². The topological polar surface area (TPSA) is 78.8 Å². The Labute approximate surface area is 123 Å². The van der Waals surface area contributed by atoms with Crippen LogP contribution < -0.4 is 9.80 Å². The van der Waals surface area contributed by atoms with E-state index in [1.165, 1.54) is 6.33 Å². The summed E-state index contributed by atoms with van der Waals surface area (Å²) in [5.41, 5.74) is 0. The molecule has 114 valence electrons. The molecule has 0 saturated carbocycles. The molecule has 0 spiro atoms. The number of rotatable bonds is 3. The van der Waals surface area contributed by atoms with Crippen LogP contribution in [0.2, 0.25) is 0 Å². The summed E-state index contributed by atoms with van der Waals surface area (Å²) in [5, 5.41) is 9.38. The van der Waals surface area contributed by atoms with E-state index in [0.29, 0.717) is 25.5 Å². The Hall–Kier alpha value is -1.89. The molecule has 2 fully saturated rings. The van der Waals surface area contributed by atoms with Crippen LogP contribution in [0, 0.1) is 0 Å². The zero-order valence-electron chi connectivity index (χ0n) is 11.9. The van der Waals surface area contributed by atoms with Crippen LogP contribution in [0.3, 0.4) is 0 Å². The predicted octanol–water partition coefficient (Wildman–Crippen LogP) is 0.757. The first kappa shape index (κ1) is 14.1. The van der Waals surface area contributed by atoms with Gasteiger partial charge in [0, 0.05) is 25.7 Å². The fourth-order valence-corrected chi connectivity index (χ4v) is 2.92. The number of hydrogen-bond donors (Lipinski definition) is 1. The van der Waals surface area contributed by atoms with Crippen LogP contribution in [0.5, 0.6) is 0 Å². The van der Waals surface area contributed by atoms with Gasteiger partial charge in [-0.1, -0.05) is 0 Å². The van der Waals surface area contributed by atoms with Crippen LogP contribution >= 0.6 is 0 Å². The van der Waals surface area contributed by atoms with E-state index in [-0.39, 0.29) is 0 Å². The summed E-state index contributed by atoms with van der Waals surface area (Å²) < 4.78 is 5.34. The molecule has 7 heteroatoms. The van der Waals surface area contributed by atoms with Gasteiger partial charge >= 0.3 is 5.97 Å². The molecular weight excluding hydrogens is 272 g/mol. The third-order valence-electron chi connectivity index (χ3n) is 4.06. The third-order valence-corrected chi connectivity index (χ3v) is 4.06. The van der Waals surface area contributed by atoms with Crippen LogP contribution in [0.4, 0.5) is 11.6 Å². The zero-order valence-corrected chi connectivity index (χ0v) is 11.9. The Morgan fingerprint density at radius 3 is 2.71 bits per heavy atom. The molecule has 0 bridgehead atoms. The number of hydrogen-bond acceptors (Lipinski definition) is 6. The third kappa shape index (κ3) is 3.07. The van der Waals surface area contributed by atoms with Gasteiger partial charge < -0.3 is 19.6 Å². The largest absolute Gasteiger partial charge is 0.480 e. The van der Waals surface area contributed by atoms with Crippen LogP contribution in [-0.4, -0.2) is 59.9 Å². The maximum atomic E-state index is 11.4. The summed E-state index contributed by atoms with van der Waals surface area (Å²) >= 11 is 0. The fourth-order valence-electron chi connectivity index (χ4n) is 2.92. The molecule has 0 amide bonds. The van der Waals surface area contributed by atoms with Gasteiger partial charge in [0.2, 0.25) is 0 Å². The van der Waals surface area contributed by atoms with Gasteiger partial charge in [0.05, 0.1) is 13.2 Å². The van der Waals surface area contributed by atoms with Crippen LogP contribution in [0.25, 0.3) is 0 Å². The number of carboxylic acids is 1. The quantitative estimate of drug-likeness (QED) is 0.881. The molecule has 0 aliphatic carbocycles. The average Bonchev–Trinajstić information content (AvgIpc) is 2.56. The Kier molecular flexibility index (Phi) is 4.19. The van der Waals surface area contributed by atoms with Crippen LogP contribution in [0.15, 0.2) is 12.4 Å². The molecule has 21 heavy (non-hydrogen) atoms. The second-order valence-corrected chi connectivity index (χ2v) is 5.38. The number of morpholine rings is 1. The van der Waals surface area contributed by atoms with E-state index >= 15 is 0 Å². The standard InChI is InChI=1S/C14H20N4O3/c19-14(20)11-3-1-2-4-18(11)13-9-12(15-10-16-13)17-5-7-21-8-6-17/h9-11H,1-8H2,(H,19,20). The fraction of sp³-hybridized carbons (Fsp3) is 0.643. The first-order chi connectivity index (χ1) is 10.3. The number of carbonyl (C=O) groups is 1. The Balaban J connectivity index is 1.82. The minimum absolute atomic E-state index is 0.480. The normalized spacial score (nSPS) is 23.1. The molecule has 2 aliphatic heterocycles. The minimum Gasteiger partial charge on any atom is -0.480 e. The number of aliphatic carboxylic acids is 1. The van der Waals surface area contributed by atoms with Crippen molar-refractivity contribution in [3.05, 3.63) is 12.4 Å². The molecule has 1 N–H and O–H groups in total. The van der Waals surface area contributed by atoms with Crippen molar-refractivity contribution in [3.63, 3.8) is 0 Å². The molecule has 3 heterocycles. The Morgan fingerprint density at radius 2 is 1.95 bits per heavy atom. The predicted molar refractivity (Wildman–Crippen MR) is 77.7 cm³/mol. The van der Waals surface area contributed by atoms with E-state index in [9.17, 15) is 9.90 Å². The van der Waals surface area contributed by atoms with Crippen molar-refractivity contribution in [1.82, 2.24) is 9.97 Å². The summed E-state index contributed by atoms with van der Waals surface area (Å²) in [7, 11) is 0. The highest BCUT2D eigenvalue weighted by atomic mass is 16.5. The van der Waals surface area contributed by atoms with E-state index in [1.54, 1.807) is 0 Å². The van der Waals surface area contributed by atoms with Gasteiger partial charge in [0.25, 0.3) is 0 Å². The van der Waals surface area contributed by atoms with E-state index in [2.05, 4.69) is 14.9 Å². The van der Waals surface area contributed by atoms with Crippen molar-refractivity contribution in [3.8, 4) is 0 Å². The molecule has 0 radical (unpaired) electrons. The Bertz CT molecular complexity index is 505. The van der Waals surface area contributed by atoms with Gasteiger partial charge in [-0.3, -0.25) is 0 Å². The second kappa shape index (κ2) is 6.26. The molecule has 7 nitrogen and oxygen atoms in total. The van der Waals surface area contributed by atoms with Crippen molar-refractivity contribution < 1.29 is 14.6 Å². The van der Waals surface area contributed by atoms with Gasteiger partial charge in [-0.2, -0.15) is 0 Å². The SMILES string of the molecule is O=C(O)C1CCCCN1c1cc(N2CCOCC2)ncn1. The number of carboxylic acid groups (broad SMARTS) is 1. The maximum Gasteiger partial charge on any atom is 0.326 e. The lowest BCUT2D eigenvalue weighted by molar-refractivity contribution is -0.139. The van der Waals surface area contributed by atoms with Gasteiger partial charge in [0.15, 0.2) is 0 Å². The summed E-state index contributed by atoms with van der Waals surface area (Å²) in [6, 6.07) is 1.42. The highest BCUT2D eigenvalue weighted by molar-refractivity contribution is 5.78. The van der Waals surface area contributed by atoms with Gasteiger partial charge in [0.1, 0.15) is 24.0 Å². The van der Waals surface area contributed by atoms with Crippen molar-refractivity contribution in [2.75, 3.05) is 42.6 Å². The highest BCUT2D eigenvalue weighted by Gasteiger charge is 2.29. The molecule has 2 saturated heterocycles. The molecular formula is C14H20N4O3. The lowest BCUT2D eigenvalue weighted by Gasteiger charge is -2.34. The van der Waals surface area contributed by atoms with Crippen molar-refractivity contribution >= 4 is 17.6 Å². The second-order valence-electron chi connectivity index (χ2n) is 5.38. The number of piperidine rings is 1. The minimum atomic E-state index is -0.777. The summed E-state index contributed by atoms with van der Waals surface area (Å²) in [6.45, 7) is 3.73. The smallest absolute Gasteiger partial charge is 0.326 e. The number of anilines is 2. The number of nitrogens with zero attached hydrogens (tertiary/aromatic N) is 4.